The zero-order chi connectivity index (χ0) is 12.4. The number of carbonyl (C=O) groups is 2. The molecule has 0 radical (unpaired) electrons. The number of hydrogen-bond donors (Lipinski definition) is 1. The average Bonchev–Trinajstić information content (AvgIpc) is 2.75. The molecule has 0 saturated carbocycles. The highest BCUT2D eigenvalue weighted by Crippen LogP contribution is 2.12. The molecule has 0 spiro atoms. The maximum absolute atomic E-state index is 11.9. The Morgan fingerprint density at radius 3 is 2.47 bits per heavy atom. The van der Waals surface area contributed by atoms with Gasteiger partial charge in [0.05, 0.1) is 6.10 Å². The zero-order valence-corrected chi connectivity index (χ0v) is 9.72. The van der Waals surface area contributed by atoms with E-state index in [1.807, 2.05) is 6.92 Å². The lowest BCUT2D eigenvalue weighted by Crippen LogP contribution is -2.35. The summed E-state index contributed by atoms with van der Waals surface area (Å²) >= 11 is 0. The highest BCUT2D eigenvalue weighted by Gasteiger charge is 2.29. The van der Waals surface area contributed by atoms with Gasteiger partial charge in [0.2, 0.25) is 5.78 Å². The largest absolute Gasteiger partial charge is 0.391 e. The van der Waals surface area contributed by atoms with E-state index in [9.17, 15) is 14.7 Å². The normalized spacial score (nSPS) is 19.4. The summed E-state index contributed by atoms with van der Waals surface area (Å²) in [5, 5.41) is 9.33. The molecule has 0 aliphatic carbocycles. The monoisotopic (exact) mass is 233 g/mol. The third-order valence-corrected chi connectivity index (χ3v) is 2.96. The predicted octanol–water partition coefficient (Wildman–Crippen LogP) is 0.771. The van der Waals surface area contributed by atoms with Gasteiger partial charge in [0, 0.05) is 18.7 Å². The lowest BCUT2D eigenvalue weighted by Gasteiger charge is -2.14. The first-order valence-electron chi connectivity index (χ1n) is 5.66. The molecule has 1 N–H and O–H groups in total. The van der Waals surface area contributed by atoms with Gasteiger partial charge in [0.15, 0.2) is 0 Å². The van der Waals surface area contributed by atoms with Crippen molar-refractivity contribution in [2.45, 2.75) is 19.4 Å². The van der Waals surface area contributed by atoms with Crippen LogP contribution in [-0.2, 0) is 4.79 Å². The summed E-state index contributed by atoms with van der Waals surface area (Å²) < 4.78 is 0. The molecule has 0 aromatic heterocycles. The third kappa shape index (κ3) is 2.53. The van der Waals surface area contributed by atoms with Crippen LogP contribution in [0.2, 0.25) is 0 Å². The molecule has 1 atom stereocenters. The summed E-state index contributed by atoms with van der Waals surface area (Å²) in [4.78, 5) is 25.1. The van der Waals surface area contributed by atoms with E-state index < -0.39 is 17.8 Å². The molecule has 1 aliphatic heterocycles. The maximum atomic E-state index is 11.9. The summed E-state index contributed by atoms with van der Waals surface area (Å²) in [6.45, 7) is 2.64. The first-order valence-corrected chi connectivity index (χ1v) is 5.66. The number of carbonyl (C=O) groups excluding carboxylic acids is 2. The number of nitrogens with zero attached hydrogens (tertiary/aromatic N) is 1. The van der Waals surface area contributed by atoms with Crippen molar-refractivity contribution in [3.8, 4) is 0 Å². The van der Waals surface area contributed by atoms with Crippen LogP contribution in [0.1, 0.15) is 22.3 Å². The van der Waals surface area contributed by atoms with Crippen molar-refractivity contribution in [3.63, 3.8) is 0 Å². The predicted molar refractivity (Wildman–Crippen MR) is 62.7 cm³/mol. The Morgan fingerprint density at radius 2 is 1.94 bits per heavy atom. The van der Waals surface area contributed by atoms with Gasteiger partial charge in [-0.15, -0.1) is 0 Å². The topological polar surface area (TPSA) is 57.6 Å². The van der Waals surface area contributed by atoms with Crippen LogP contribution in [0.4, 0.5) is 0 Å². The van der Waals surface area contributed by atoms with Crippen LogP contribution in [0.25, 0.3) is 0 Å². The van der Waals surface area contributed by atoms with Gasteiger partial charge in [0.1, 0.15) is 0 Å². The molecule has 1 heterocycles. The average molecular weight is 233 g/mol. The zero-order valence-electron chi connectivity index (χ0n) is 9.72. The van der Waals surface area contributed by atoms with Crippen LogP contribution in [-0.4, -0.2) is 40.9 Å². The van der Waals surface area contributed by atoms with E-state index in [1.165, 1.54) is 4.90 Å². The van der Waals surface area contributed by atoms with Crippen LogP contribution in [0, 0.1) is 6.92 Å². The van der Waals surface area contributed by atoms with Gasteiger partial charge in [0.25, 0.3) is 5.91 Å². The van der Waals surface area contributed by atoms with Crippen molar-refractivity contribution in [3.05, 3.63) is 35.4 Å². The number of ketones is 1. The lowest BCUT2D eigenvalue weighted by molar-refractivity contribution is -0.125. The molecule has 4 nitrogen and oxygen atoms in total. The molecule has 90 valence electrons. The summed E-state index contributed by atoms with van der Waals surface area (Å²) in [7, 11) is 0. The van der Waals surface area contributed by atoms with Crippen molar-refractivity contribution in [2.24, 2.45) is 0 Å². The second-order valence-electron chi connectivity index (χ2n) is 4.39. The highest BCUT2D eigenvalue weighted by atomic mass is 16.3. The Labute approximate surface area is 99.9 Å². The molecule has 1 amide bonds. The minimum absolute atomic E-state index is 0.260. The smallest absolute Gasteiger partial charge is 0.295 e. The maximum Gasteiger partial charge on any atom is 0.295 e. The van der Waals surface area contributed by atoms with Crippen molar-refractivity contribution in [2.75, 3.05) is 13.1 Å². The van der Waals surface area contributed by atoms with Crippen LogP contribution in [0.3, 0.4) is 0 Å². The highest BCUT2D eigenvalue weighted by molar-refractivity contribution is 6.42. The number of Topliss-reactive ketones (excluding diaryl/α,β-unsaturated/α-hetero) is 1. The molecule has 1 fully saturated rings. The van der Waals surface area contributed by atoms with E-state index in [4.69, 9.17) is 0 Å². The molecular formula is C13H15NO3. The molecule has 2 rings (SSSR count). The number of amides is 1. The number of benzene rings is 1. The van der Waals surface area contributed by atoms with Gasteiger partial charge in [-0.1, -0.05) is 29.8 Å². The summed E-state index contributed by atoms with van der Waals surface area (Å²) in [6, 6.07) is 6.92. The number of hydrogen-bond acceptors (Lipinski definition) is 3. The molecule has 0 unspecified atom stereocenters. The fraction of sp³-hybridized carbons (Fsp3) is 0.385. The van der Waals surface area contributed by atoms with Gasteiger partial charge in [-0.2, -0.15) is 0 Å². The minimum Gasteiger partial charge on any atom is -0.391 e. The number of aliphatic hydroxyl groups excluding tert-OH is 1. The van der Waals surface area contributed by atoms with Gasteiger partial charge in [-0.05, 0) is 13.3 Å². The first kappa shape index (κ1) is 11.8. The molecule has 4 heteroatoms. The Morgan fingerprint density at radius 1 is 1.29 bits per heavy atom. The number of rotatable bonds is 2. The fourth-order valence-electron chi connectivity index (χ4n) is 1.90. The standard InChI is InChI=1S/C13H15NO3/c1-9-2-4-10(5-3-9)12(16)13(17)14-7-6-11(15)8-14/h2-5,11,15H,6-8H2,1H3/t11-/m0/s1. The van der Waals surface area contributed by atoms with Crippen molar-refractivity contribution >= 4 is 11.7 Å². The molecule has 0 bridgehead atoms. The van der Waals surface area contributed by atoms with E-state index >= 15 is 0 Å². The SMILES string of the molecule is Cc1ccc(C(=O)C(=O)N2CC[C@H](O)C2)cc1. The molecule has 1 saturated heterocycles. The van der Waals surface area contributed by atoms with Crippen molar-refractivity contribution in [1.82, 2.24) is 4.90 Å². The number of likely N-dealkylation sites (tertiary alicyclic amines) is 1. The summed E-state index contributed by atoms with van der Waals surface area (Å²) in [5.74, 6) is -1.02. The number of aryl methyl sites for hydroxylation is 1. The Bertz CT molecular complexity index is 438. The molecule has 17 heavy (non-hydrogen) atoms. The van der Waals surface area contributed by atoms with Crippen LogP contribution in [0.15, 0.2) is 24.3 Å². The quantitative estimate of drug-likeness (QED) is 0.606. The first-order chi connectivity index (χ1) is 8.08. The van der Waals surface area contributed by atoms with Crippen LogP contribution >= 0.6 is 0 Å². The summed E-state index contributed by atoms with van der Waals surface area (Å²) in [6.07, 6.45) is 0.0529. The van der Waals surface area contributed by atoms with E-state index in [2.05, 4.69) is 0 Å². The summed E-state index contributed by atoms with van der Waals surface area (Å²) in [5.41, 5.74) is 1.45. The number of aliphatic hydroxyl groups is 1. The minimum atomic E-state index is -0.523. The number of β-amino-alcohol motifs (C(OH)–C–C–N with tert-alkyl or cyclic N) is 1. The second kappa shape index (κ2) is 4.67. The Balaban J connectivity index is 2.09. The van der Waals surface area contributed by atoms with Crippen molar-refractivity contribution in [1.29, 1.82) is 0 Å². The van der Waals surface area contributed by atoms with Crippen LogP contribution in [0.5, 0.6) is 0 Å². The lowest BCUT2D eigenvalue weighted by atomic mass is 10.1. The van der Waals surface area contributed by atoms with E-state index in [-0.39, 0.29) is 6.54 Å². The molecular weight excluding hydrogens is 218 g/mol. The van der Waals surface area contributed by atoms with Crippen LogP contribution < -0.4 is 0 Å². The van der Waals surface area contributed by atoms with Gasteiger partial charge in [-0.25, -0.2) is 0 Å². The van der Waals surface area contributed by atoms with E-state index in [0.717, 1.165) is 5.56 Å². The van der Waals surface area contributed by atoms with E-state index in [0.29, 0.717) is 18.5 Å². The Hall–Kier alpha value is -1.68. The molecule has 1 aromatic carbocycles. The Kier molecular flexibility index (Phi) is 3.24. The van der Waals surface area contributed by atoms with Gasteiger partial charge in [-0.3, -0.25) is 9.59 Å². The van der Waals surface area contributed by atoms with Gasteiger partial charge < -0.3 is 10.0 Å². The third-order valence-electron chi connectivity index (χ3n) is 2.96. The fourth-order valence-corrected chi connectivity index (χ4v) is 1.90. The van der Waals surface area contributed by atoms with Gasteiger partial charge >= 0.3 is 0 Å². The second-order valence-corrected chi connectivity index (χ2v) is 4.39. The molecule has 1 aliphatic rings. The van der Waals surface area contributed by atoms with E-state index in [1.54, 1.807) is 24.3 Å². The molecule has 1 aromatic rings. The van der Waals surface area contributed by atoms with Crippen molar-refractivity contribution < 1.29 is 14.7 Å².